The normalized spacial score (nSPS) is 22.7. The number of benzene rings is 1. The highest BCUT2D eigenvalue weighted by molar-refractivity contribution is 6.30. The molecule has 2 heterocycles. The fourth-order valence-electron chi connectivity index (χ4n) is 3.54. The van der Waals surface area contributed by atoms with Crippen LogP contribution in [0.5, 0.6) is 0 Å². The van der Waals surface area contributed by atoms with E-state index in [1.54, 1.807) is 0 Å². The van der Waals surface area contributed by atoms with Gasteiger partial charge in [0, 0.05) is 56.0 Å². The van der Waals surface area contributed by atoms with E-state index in [0.29, 0.717) is 13.2 Å². The van der Waals surface area contributed by atoms with Crippen LogP contribution >= 0.6 is 11.6 Å². The minimum absolute atomic E-state index is 0.102. The van der Waals surface area contributed by atoms with Crippen LogP contribution in [-0.4, -0.2) is 44.3 Å². The van der Waals surface area contributed by atoms with Gasteiger partial charge in [-0.15, -0.1) is 0 Å². The fraction of sp³-hybridized carbons (Fsp3) is 0.625. The first-order chi connectivity index (χ1) is 10.7. The van der Waals surface area contributed by atoms with Crippen LogP contribution in [-0.2, 0) is 4.74 Å². The van der Waals surface area contributed by atoms with Crippen LogP contribution in [0.2, 0.25) is 5.02 Å². The van der Waals surface area contributed by atoms with E-state index >= 15 is 0 Å². The van der Waals surface area contributed by atoms with E-state index in [1.807, 2.05) is 0 Å². The van der Waals surface area contributed by atoms with Gasteiger partial charge in [0.2, 0.25) is 0 Å². The smallest absolute Gasteiger partial charge is 0.132 e. The van der Waals surface area contributed by atoms with Gasteiger partial charge in [-0.3, -0.25) is 4.90 Å². The van der Waals surface area contributed by atoms with Crippen molar-refractivity contribution < 1.29 is 13.5 Å². The lowest BCUT2D eigenvalue weighted by Gasteiger charge is -2.41. The van der Waals surface area contributed by atoms with E-state index < -0.39 is 11.6 Å². The first kappa shape index (κ1) is 16.1. The third-order valence-electron chi connectivity index (χ3n) is 4.60. The molecule has 0 aliphatic carbocycles. The molecule has 1 aromatic carbocycles. The number of nitrogens with zero attached hydrogens (tertiary/aromatic N) is 1. The van der Waals surface area contributed by atoms with E-state index in [4.69, 9.17) is 16.3 Å². The number of ether oxygens (including phenoxy) is 1. The number of halogens is 3. The highest BCUT2D eigenvalue weighted by atomic mass is 35.5. The number of rotatable bonds is 3. The molecule has 3 rings (SSSR count). The van der Waals surface area contributed by atoms with Crippen molar-refractivity contribution in [2.24, 2.45) is 5.92 Å². The lowest BCUT2D eigenvalue weighted by Crippen LogP contribution is -2.48. The molecule has 0 radical (unpaired) electrons. The largest absolute Gasteiger partial charge is 0.381 e. The summed E-state index contributed by atoms with van der Waals surface area (Å²) in [5.74, 6) is -0.878. The van der Waals surface area contributed by atoms with Gasteiger partial charge in [-0.05, 0) is 30.9 Å². The molecule has 1 aromatic rings. The first-order valence-electron chi connectivity index (χ1n) is 7.84. The average molecular weight is 331 g/mol. The number of nitrogens with one attached hydrogen (secondary N) is 1. The van der Waals surface area contributed by atoms with Gasteiger partial charge in [0.05, 0.1) is 0 Å². The summed E-state index contributed by atoms with van der Waals surface area (Å²) in [4.78, 5) is 2.20. The molecule has 0 bridgehead atoms. The Balaban J connectivity index is 1.96. The number of piperazine rings is 1. The van der Waals surface area contributed by atoms with E-state index in [2.05, 4.69) is 10.2 Å². The Labute approximate surface area is 134 Å². The molecule has 22 heavy (non-hydrogen) atoms. The Morgan fingerprint density at radius 3 is 2.32 bits per heavy atom. The van der Waals surface area contributed by atoms with Crippen molar-refractivity contribution in [2.75, 3.05) is 39.4 Å². The highest BCUT2D eigenvalue weighted by Gasteiger charge is 2.35. The van der Waals surface area contributed by atoms with Crippen LogP contribution in [0.25, 0.3) is 0 Å². The monoisotopic (exact) mass is 330 g/mol. The zero-order chi connectivity index (χ0) is 15.5. The zero-order valence-electron chi connectivity index (χ0n) is 12.5. The summed E-state index contributed by atoms with van der Waals surface area (Å²) in [6.45, 7) is 4.59. The van der Waals surface area contributed by atoms with Gasteiger partial charge >= 0.3 is 0 Å². The molecule has 2 saturated heterocycles. The molecule has 2 aliphatic heterocycles. The maximum absolute atomic E-state index is 14.5. The first-order valence-corrected chi connectivity index (χ1v) is 8.21. The standard InChI is InChI=1S/C16H21ClF2N2O/c17-12-9-13(18)15(14(19)10-12)16(11-1-7-22-8-2-11)21-5-3-20-4-6-21/h9-11,16,20H,1-8H2/t16-/m0/s1. The third-order valence-corrected chi connectivity index (χ3v) is 4.82. The van der Waals surface area contributed by atoms with Crippen LogP contribution in [0.1, 0.15) is 24.4 Å². The summed E-state index contributed by atoms with van der Waals surface area (Å²) < 4.78 is 34.4. The van der Waals surface area contributed by atoms with Crippen molar-refractivity contribution in [3.63, 3.8) is 0 Å². The Hall–Kier alpha value is -0.750. The second kappa shape index (κ2) is 7.21. The van der Waals surface area contributed by atoms with Gasteiger partial charge < -0.3 is 10.1 Å². The van der Waals surface area contributed by atoms with Crippen LogP contribution in [0.4, 0.5) is 8.78 Å². The molecule has 0 unspecified atom stereocenters. The van der Waals surface area contributed by atoms with Gasteiger partial charge in [-0.1, -0.05) is 11.6 Å². The van der Waals surface area contributed by atoms with Crippen molar-refractivity contribution in [1.82, 2.24) is 10.2 Å². The van der Waals surface area contributed by atoms with Crippen LogP contribution in [0, 0.1) is 17.6 Å². The van der Waals surface area contributed by atoms with E-state index in [-0.39, 0.29) is 22.5 Å². The Morgan fingerprint density at radius 1 is 1.14 bits per heavy atom. The van der Waals surface area contributed by atoms with Crippen molar-refractivity contribution >= 4 is 11.6 Å². The lowest BCUT2D eigenvalue weighted by molar-refractivity contribution is 0.0192. The second-order valence-electron chi connectivity index (χ2n) is 5.96. The summed E-state index contributed by atoms with van der Waals surface area (Å²) in [5.41, 5.74) is 0.165. The average Bonchev–Trinajstić information content (AvgIpc) is 2.52. The number of hydrogen-bond donors (Lipinski definition) is 1. The molecular weight excluding hydrogens is 310 g/mol. The molecule has 1 atom stereocenters. The number of hydrogen-bond acceptors (Lipinski definition) is 3. The topological polar surface area (TPSA) is 24.5 Å². The minimum atomic E-state index is -0.542. The Bertz CT molecular complexity index is 476. The molecule has 1 N–H and O–H groups in total. The molecule has 0 aromatic heterocycles. The van der Waals surface area contributed by atoms with Crippen LogP contribution in [0.3, 0.4) is 0 Å². The fourth-order valence-corrected chi connectivity index (χ4v) is 3.74. The van der Waals surface area contributed by atoms with Crippen molar-refractivity contribution in [2.45, 2.75) is 18.9 Å². The van der Waals surface area contributed by atoms with Gasteiger partial charge in [0.25, 0.3) is 0 Å². The molecule has 0 saturated carbocycles. The van der Waals surface area contributed by atoms with Gasteiger partial charge in [-0.2, -0.15) is 0 Å². The minimum Gasteiger partial charge on any atom is -0.381 e. The predicted molar refractivity (Wildman–Crippen MR) is 82.1 cm³/mol. The zero-order valence-corrected chi connectivity index (χ0v) is 13.2. The van der Waals surface area contributed by atoms with Crippen LogP contribution < -0.4 is 5.32 Å². The van der Waals surface area contributed by atoms with Crippen molar-refractivity contribution in [1.29, 1.82) is 0 Å². The molecule has 3 nitrogen and oxygen atoms in total. The van der Waals surface area contributed by atoms with Crippen molar-refractivity contribution in [3.8, 4) is 0 Å². The molecular formula is C16H21ClF2N2O. The second-order valence-corrected chi connectivity index (χ2v) is 6.40. The summed E-state index contributed by atoms with van der Waals surface area (Å²) in [7, 11) is 0. The molecule has 6 heteroatoms. The maximum atomic E-state index is 14.5. The Morgan fingerprint density at radius 2 is 1.73 bits per heavy atom. The molecule has 2 fully saturated rings. The third kappa shape index (κ3) is 3.43. The summed E-state index contributed by atoms with van der Waals surface area (Å²) >= 11 is 5.77. The van der Waals surface area contributed by atoms with Gasteiger partial charge in [-0.25, -0.2) is 8.78 Å². The van der Waals surface area contributed by atoms with Crippen LogP contribution in [0.15, 0.2) is 12.1 Å². The summed E-state index contributed by atoms with van der Waals surface area (Å²) in [5, 5.41) is 3.39. The van der Waals surface area contributed by atoms with E-state index in [0.717, 1.165) is 39.0 Å². The molecule has 0 spiro atoms. The SMILES string of the molecule is Fc1cc(Cl)cc(F)c1[C@H](C1CCOCC1)N1CCNCC1. The summed E-state index contributed by atoms with van der Waals surface area (Å²) in [6, 6.07) is 2.19. The molecule has 2 aliphatic rings. The van der Waals surface area contributed by atoms with E-state index in [9.17, 15) is 8.78 Å². The van der Waals surface area contributed by atoms with Gasteiger partial charge in [0.15, 0.2) is 0 Å². The van der Waals surface area contributed by atoms with Gasteiger partial charge in [0.1, 0.15) is 11.6 Å². The highest BCUT2D eigenvalue weighted by Crippen LogP contribution is 2.38. The maximum Gasteiger partial charge on any atom is 0.132 e. The molecule has 122 valence electrons. The summed E-state index contributed by atoms with van der Waals surface area (Å²) in [6.07, 6.45) is 1.66. The van der Waals surface area contributed by atoms with E-state index in [1.165, 1.54) is 12.1 Å². The van der Waals surface area contributed by atoms with Crippen molar-refractivity contribution in [3.05, 3.63) is 34.4 Å². The quantitative estimate of drug-likeness (QED) is 0.922. The molecule has 0 amide bonds. The Kier molecular flexibility index (Phi) is 5.29. The predicted octanol–water partition coefficient (Wildman–Crippen LogP) is 2.99. The lowest BCUT2D eigenvalue weighted by atomic mass is 9.85.